The quantitative estimate of drug-likeness (QED) is 0.567. The molecule has 16 heavy (non-hydrogen) atoms. The molecule has 1 aliphatic rings. The average molecular weight is 246 g/mol. The molecule has 1 nitrogen and oxygen atoms in total. The van der Waals surface area contributed by atoms with E-state index in [0.29, 0.717) is 6.42 Å². The van der Waals surface area contributed by atoms with Crippen LogP contribution in [0, 0.1) is 35.5 Å². The highest BCUT2D eigenvalue weighted by Crippen LogP contribution is 2.39. The summed E-state index contributed by atoms with van der Waals surface area (Å²) < 4.78 is 0. The van der Waals surface area contributed by atoms with Crippen molar-refractivity contribution < 1.29 is 5.11 Å². The van der Waals surface area contributed by atoms with Crippen LogP contribution in [0.25, 0.3) is 0 Å². The van der Waals surface area contributed by atoms with Gasteiger partial charge in [0.1, 0.15) is 0 Å². The normalized spacial score (nSPS) is 12.9. The fourth-order valence-electron chi connectivity index (χ4n) is 0.800. The van der Waals surface area contributed by atoms with Gasteiger partial charge in [0, 0.05) is 6.42 Å². The van der Waals surface area contributed by atoms with Crippen LogP contribution in [0.1, 0.15) is 13.3 Å². The first-order valence-electron chi connectivity index (χ1n) is 4.66. The molecule has 0 bridgehead atoms. The highest BCUT2D eigenvalue weighted by Gasteiger charge is 2.03. The van der Waals surface area contributed by atoms with Gasteiger partial charge in [-0.3, -0.25) is 0 Å². The molecule has 0 unspecified atom stereocenters. The Morgan fingerprint density at radius 3 is 2.38 bits per heavy atom. The molecular formula is C13H10OS2. The molecule has 0 saturated heterocycles. The van der Waals surface area contributed by atoms with Crippen LogP contribution in [0.15, 0.2) is 22.0 Å². The van der Waals surface area contributed by atoms with Crippen molar-refractivity contribution in [1.82, 2.24) is 0 Å². The summed E-state index contributed by atoms with van der Waals surface area (Å²) in [6, 6.07) is 0. The van der Waals surface area contributed by atoms with Crippen molar-refractivity contribution in [3.8, 4) is 35.5 Å². The van der Waals surface area contributed by atoms with Crippen molar-refractivity contribution in [1.29, 1.82) is 0 Å². The van der Waals surface area contributed by atoms with E-state index in [-0.39, 0.29) is 6.61 Å². The van der Waals surface area contributed by atoms with Crippen molar-refractivity contribution in [3.63, 3.8) is 0 Å². The van der Waals surface area contributed by atoms with Crippen molar-refractivity contribution in [2.45, 2.75) is 13.3 Å². The van der Waals surface area contributed by atoms with Gasteiger partial charge in [-0.15, -0.1) is 5.92 Å². The summed E-state index contributed by atoms with van der Waals surface area (Å²) >= 11 is 0. The van der Waals surface area contributed by atoms with E-state index in [2.05, 4.69) is 35.5 Å². The largest absolute Gasteiger partial charge is 0.395 e. The fraction of sp³-hybridized carbons (Fsp3) is 0.231. The lowest BCUT2D eigenvalue weighted by Crippen LogP contribution is -1.77. The van der Waals surface area contributed by atoms with Gasteiger partial charge in [0.15, 0.2) is 0 Å². The summed E-state index contributed by atoms with van der Waals surface area (Å²) in [7, 11) is 3.20. The van der Waals surface area contributed by atoms with Gasteiger partial charge in [-0.2, -0.15) is 0 Å². The molecule has 80 valence electrons. The molecule has 1 aliphatic heterocycles. The highest BCUT2D eigenvalue weighted by atomic mass is 33.1. The molecule has 0 atom stereocenters. The zero-order chi connectivity index (χ0) is 11.6. The molecule has 1 N–H and O–H groups in total. The van der Waals surface area contributed by atoms with E-state index in [1.807, 2.05) is 19.1 Å². The lowest BCUT2D eigenvalue weighted by molar-refractivity contribution is 0.305. The Hall–Kier alpha value is -1.18. The molecule has 1 heterocycles. The molecular weight excluding hydrogens is 236 g/mol. The van der Waals surface area contributed by atoms with Gasteiger partial charge < -0.3 is 5.11 Å². The summed E-state index contributed by atoms with van der Waals surface area (Å²) in [5, 5.41) is 8.50. The van der Waals surface area contributed by atoms with Crippen LogP contribution in [-0.2, 0) is 0 Å². The summed E-state index contributed by atoms with van der Waals surface area (Å²) in [6.45, 7) is 1.91. The molecule has 0 radical (unpaired) electrons. The first-order chi connectivity index (χ1) is 7.86. The zero-order valence-corrected chi connectivity index (χ0v) is 10.5. The molecule has 0 aliphatic carbocycles. The van der Waals surface area contributed by atoms with Crippen molar-refractivity contribution in [2.75, 3.05) is 6.61 Å². The minimum absolute atomic E-state index is 0.0871. The van der Waals surface area contributed by atoms with Gasteiger partial charge in [0.25, 0.3) is 0 Å². The smallest absolute Gasteiger partial charge is 0.0696 e. The monoisotopic (exact) mass is 246 g/mol. The molecule has 0 aromatic carbocycles. The van der Waals surface area contributed by atoms with Crippen LogP contribution >= 0.6 is 21.6 Å². The van der Waals surface area contributed by atoms with E-state index in [9.17, 15) is 0 Å². The first-order valence-corrected chi connectivity index (χ1v) is 6.81. The second kappa shape index (κ2) is 8.03. The van der Waals surface area contributed by atoms with Gasteiger partial charge in [0.05, 0.1) is 16.4 Å². The predicted octanol–water partition coefficient (Wildman–Crippen LogP) is 2.56. The number of hydrogen-bond acceptors (Lipinski definition) is 3. The Morgan fingerprint density at radius 2 is 1.81 bits per heavy atom. The second-order valence-corrected chi connectivity index (χ2v) is 4.84. The molecule has 0 saturated carbocycles. The maximum absolute atomic E-state index is 8.50. The fourth-order valence-corrected chi connectivity index (χ4v) is 2.59. The molecule has 0 spiro atoms. The Morgan fingerprint density at radius 1 is 1.12 bits per heavy atom. The lowest BCUT2D eigenvalue weighted by atomic mass is 10.4. The number of aliphatic hydroxyl groups is 1. The predicted molar refractivity (Wildman–Crippen MR) is 72.1 cm³/mol. The first kappa shape index (κ1) is 12.9. The maximum atomic E-state index is 8.50. The molecule has 0 fully saturated rings. The molecule has 1 rings (SSSR count). The highest BCUT2D eigenvalue weighted by molar-refractivity contribution is 8.79. The zero-order valence-electron chi connectivity index (χ0n) is 8.83. The minimum Gasteiger partial charge on any atom is -0.395 e. The third-order valence-electron chi connectivity index (χ3n) is 1.43. The van der Waals surface area contributed by atoms with Crippen LogP contribution < -0.4 is 0 Å². The van der Waals surface area contributed by atoms with Crippen LogP contribution in [0.5, 0.6) is 0 Å². The van der Waals surface area contributed by atoms with Crippen LogP contribution in [-0.4, -0.2) is 11.7 Å². The minimum atomic E-state index is 0.0871. The van der Waals surface area contributed by atoms with E-state index in [0.717, 1.165) is 9.81 Å². The van der Waals surface area contributed by atoms with E-state index in [1.54, 1.807) is 21.6 Å². The molecule has 0 aromatic heterocycles. The summed E-state index contributed by atoms with van der Waals surface area (Å²) in [4.78, 5) is 2.02. The number of allylic oxidation sites excluding steroid dienone is 4. The van der Waals surface area contributed by atoms with Gasteiger partial charge in [-0.05, 0) is 58.4 Å². The van der Waals surface area contributed by atoms with E-state index >= 15 is 0 Å². The summed E-state index contributed by atoms with van der Waals surface area (Å²) in [5.41, 5.74) is 0. The lowest BCUT2D eigenvalue weighted by Gasteiger charge is -2.03. The molecule has 3 heteroatoms. The SMILES string of the molecule is CC#CC1=CC=C(C#CC#CCCO)SS1. The van der Waals surface area contributed by atoms with E-state index < -0.39 is 0 Å². The van der Waals surface area contributed by atoms with E-state index in [1.165, 1.54) is 0 Å². The third-order valence-corrected chi connectivity index (χ3v) is 3.67. The van der Waals surface area contributed by atoms with Gasteiger partial charge >= 0.3 is 0 Å². The van der Waals surface area contributed by atoms with Crippen LogP contribution in [0.2, 0.25) is 0 Å². The van der Waals surface area contributed by atoms with Crippen LogP contribution in [0.3, 0.4) is 0 Å². The topological polar surface area (TPSA) is 20.2 Å². The van der Waals surface area contributed by atoms with E-state index in [4.69, 9.17) is 5.11 Å². The standard InChI is InChI=1S/C13H10OS2/c1-2-7-12-9-10-13(16-15-12)8-5-3-4-6-11-14/h9-10,14H,6,11H2,1H3. The van der Waals surface area contributed by atoms with Gasteiger partial charge in [0.2, 0.25) is 0 Å². The Balaban J connectivity index is 2.58. The second-order valence-electron chi connectivity index (χ2n) is 2.63. The van der Waals surface area contributed by atoms with Gasteiger partial charge in [-0.25, -0.2) is 0 Å². The third kappa shape index (κ3) is 5.06. The van der Waals surface area contributed by atoms with Crippen molar-refractivity contribution in [3.05, 3.63) is 22.0 Å². The number of aliphatic hydroxyl groups excluding tert-OH is 1. The number of rotatable bonds is 1. The van der Waals surface area contributed by atoms with Crippen molar-refractivity contribution >= 4 is 21.6 Å². The maximum Gasteiger partial charge on any atom is 0.0696 e. The Labute approximate surface area is 104 Å². The van der Waals surface area contributed by atoms with Gasteiger partial charge in [-0.1, -0.05) is 11.8 Å². The van der Waals surface area contributed by atoms with Crippen LogP contribution in [0.4, 0.5) is 0 Å². The van der Waals surface area contributed by atoms with Crippen molar-refractivity contribution in [2.24, 2.45) is 0 Å². The molecule has 0 aromatic rings. The summed E-state index contributed by atoms with van der Waals surface area (Å²) in [5.74, 6) is 17.0. The summed E-state index contributed by atoms with van der Waals surface area (Å²) in [6.07, 6.45) is 4.39. The Bertz CT molecular complexity index is 481. The number of hydrogen-bond donors (Lipinski definition) is 1. The molecule has 0 amide bonds. The average Bonchev–Trinajstić information content (AvgIpc) is 2.31. The Kier molecular flexibility index (Phi) is 6.47.